The summed E-state index contributed by atoms with van der Waals surface area (Å²) >= 11 is 15.1. The Hall–Kier alpha value is -1.23. The molecule has 0 atom stereocenters. The van der Waals surface area contributed by atoms with Crippen LogP contribution in [0.15, 0.2) is 40.9 Å². The largest absolute Gasteiger partial charge is 0.495 e. The van der Waals surface area contributed by atoms with Crippen LogP contribution >= 0.6 is 39.1 Å². The molecule has 2 aromatic carbocycles. The quantitative estimate of drug-likeness (QED) is 0.819. The van der Waals surface area contributed by atoms with Crippen molar-refractivity contribution in [3.63, 3.8) is 0 Å². The van der Waals surface area contributed by atoms with Crippen LogP contribution in [0.2, 0.25) is 10.0 Å². The van der Waals surface area contributed by atoms with E-state index in [0.717, 1.165) is 0 Å². The molecule has 0 spiro atoms. The molecule has 104 valence electrons. The number of hydrogen-bond donors (Lipinski definition) is 1. The number of rotatable bonds is 3. The van der Waals surface area contributed by atoms with Gasteiger partial charge in [0.1, 0.15) is 5.75 Å². The van der Waals surface area contributed by atoms with E-state index in [0.29, 0.717) is 31.5 Å². The maximum Gasteiger partial charge on any atom is 0.256 e. The van der Waals surface area contributed by atoms with E-state index in [4.69, 9.17) is 27.9 Å². The molecule has 2 aromatic rings. The molecule has 0 saturated heterocycles. The Morgan fingerprint density at radius 3 is 2.60 bits per heavy atom. The van der Waals surface area contributed by atoms with Crippen LogP contribution in [-0.4, -0.2) is 13.0 Å². The first-order valence-corrected chi connectivity index (χ1v) is 7.16. The summed E-state index contributed by atoms with van der Waals surface area (Å²) in [5.74, 6) is 0.248. The van der Waals surface area contributed by atoms with Gasteiger partial charge in [0.25, 0.3) is 5.91 Å². The molecular formula is C14H10BrCl2NO2. The van der Waals surface area contributed by atoms with Crippen LogP contribution in [0.3, 0.4) is 0 Å². The number of carbonyl (C=O) groups is 1. The van der Waals surface area contributed by atoms with Crippen molar-refractivity contribution < 1.29 is 9.53 Å². The van der Waals surface area contributed by atoms with Crippen LogP contribution in [0, 0.1) is 0 Å². The second-order valence-electron chi connectivity index (χ2n) is 3.93. The Balaban J connectivity index is 2.23. The number of carbonyl (C=O) groups excluding carboxylic acids is 1. The van der Waals surface area contributed by atoms with Crippen LogP contribution in [0.4, 0.5) is 5.69 Å². The fourth-order valence-electron chi connectivity index (χ4n) is 1.61. The number of halogens is 3. The lowest BCUT2D eigenvalue weighted by Crippen LogP contribution is -2.12. The zero-order chi connectivity index (χ0) is 14.7. The summed E-state index contributed by atoms with van der Waals surface area (Å²) in [5, 5.41) is 3.81. The third kappa shape index (κ3) is 3.45. The zero-order valence-electron chi connectivity index (χ0n) is 10.4. The monoisotopic (exact) mass is 373 g/mol. The lowest BCUT2D eigenvalue weighted by atomic mass is 10.2. The third-order valence-electron chi connectivity index (χ3n) is 2.58. The van der Waals surface area contributed by atoms with E-state index in [9.17, 15) is 4.79 Å². The van der Waals surface area contributed by atoms with Gasteiger partial charge in [-0.05, 0) is 46.3 Å². The minimum atomic E-state index is -0.252. The number of nitrogens with one attached hydrogen (secondary N) is 1. The fraction of sp³-hybridized carbons (Fsp3) is 0.0714. The zero-order valence-corrected chi connectivity index (χ0v) is 13.5. The molecule has 2 rings (SSSR count). The molecule has 6 heteroatoms. The van der Waals surface area contributed by atoms with Crippen molar-refractivity contribution in [1.82, 2.24) is 0 Å². The third-order valence-corrected chi connectivity index (χ3v) is 3.79. The highest BCUT2D eigenvalue weighted by molar-refractivity contribution is 9.10. The van der Waals surface area contributed by atoms with Gasteiger partial charge in [-0.3, -0.25) is 4.79 Å². The number of anilines is 1. The molecule has 0 aromatic heterocycles. The first-order valence-electron chi connectivity index (χ1n) is 5.61. The highest BCUT2D eigenvalue weighted by Gasteiger charge is 2.11. The summed E-state index contributed by atoms with van der Waals surface area (Å²) in [6.07, 6.45) is 0. The lowest BCUT2D eigenvalue weighted by Gasteiger charge is -2.09. The summed E-state index contributed by atoms with van der Waals surface area (Å²) in [6, 6.07) is 9.99. The van der Waals surface area contributed by atoms with Crippen molar-refractivity contribution in [3.8, 4) is 5.75 Å². The molecule has 0 radical (unpaired) electrons. The van der Waals surface area contributed by atoms with E-state index in [-0.39, 0.29) is 5.91 Å². The van der Waals surface area contributed by atoms with E-state index in [1.807, 2.05) is 0 Å². The van der Waals surface area contributed by atoms with Crippen molar-refractivity contribution in [2.24, 2.45) is 0 Å². The molecule has 0 saturated carbocycles. The first-order chi connectivity index (χ1) is 9.51. The number of amides is 1. The molecule has 0 aliphatic carbocycles. The molecule has 3 nitrogen and oxygen atoms in total. The van der Waals surface area contributed by atoms with Gasteiger partial charge in [-0.1, -0.05) is 23.2 Å². The summed E-state index contributed by atoms with van der Waals surface area (Å²) in [7, 11) is 1.52. The molecular weight excluding hydrogens is 365 g/mol. The Bertz CT molecular complexity index is 662. The predicted molar refractivity (Wildman–Crippen MR) is 85.1 cm³/mol. The van der Waals surface area contributed by atoms with Crippen LogP contribution in [-0.2, 0) is 0 Å². The number of ether oxygens (including phenoxy) is 1. The predicted octanol–water partition coefficient (Wildman–Crippen LogP) is 5.02. The first kappa shape index (κ1) is 15.2. The molecule has 1 amide bonds. The summed E-state index contributed by atoms with van der Waals surface area (Å²) in [5.41, 5.74) is 1.08. The minimum Gasteiger partial charge on any atom is -0.495 e. The number of methoxy groups -OCH3 is 1. The van der Waals surface area contributed by atoms with Crippen LogP contribution in [0.25, 0.3) is 0 Å². The number of benzene rings is 2. The van der Waals surface area contributed by atoms with E-state index < -0.39 is 0 Å². The van der Waals surface area contributed by atoms with Gasteiger partial charge in [0, 0.05) is 21.2 Å². The summed E-state index contributed by atoms with van der Waals surface area (Å²) in [6.45, 7) is 0. The van der Waals surface area contributed by atoms with Crippen molar-refractivity contribution >= 4 is 50.7 Å². The minimum absolute atomic E-state index is 0.252. The molecule has 0 unspecified atom stereocenters. The normalized spacial score (nSPS) is 10.2. The van der Waals surface area contributed by atoms with Gasteiger partial charge in [0.2, 0.25) is 0 Å². The second-order valence-corrected chi connectivity index (χ2v) is 5.63. The maximum absolute atomic E-state index is 12.2. The smallest absolute Gasteiger partial charge is 0.256 e. The van der Waals surface area contributed by atoms with Crippen LogP contribution in [0.5, 0.6) is 5.75 Å². The van der Waals surface area contributed by atoms with Crippen molar-refractivity contribution in [3.05, 3.63) is 56.5 Å². The fourth-order valence-corrected chi connectivity index (χ4v) is 2.67. The lowest BCUT2D eigenvalue weighted by molar-refractivity contribution is 0.102. The second kappa shape index (κ2) is 6.48. The molecule has 0 heterocycles. The van der Waals surface area contributed by atoms with Gasteiger partial charge >= 0.3 is 0 Å². The Labute approximate surface area is 135 Å². The van der Waals surface area contributed by atoms with E-state index >= 15 is 0 Å². The van der Waals surface area contributed by atoms with Crippen molar-refractivity contribution in [1.29, 1.82) is 0 Å². The van der Waals surface area contributed by atoms with E-state index in [1.54, 1.807) is 36.4 Å². The molecule has 0 fully saturated rings. The highest BCUT2D eigenvalue weighted by atomic mass is 79.9. The standard InChI is InChI=1S/C14H10BrCl2NO2/c1-20-13-7-9(3-5-12(13)17)18-14(19)10-4-2-8(16)6-11(10)15/h2-7H,1H3,(H,18,19). The summed E-state index contributed by atoms with van der Waals surface area (Å²) < 4.78 is 5.73. The SMILES string of the molecule is COc1cc(NC(=O)c2ccc(Cl)cc2Br)ccc1Cl. The Kier molecular flexibility index (Phi) is 4.91. The van der Waals surface area contributed by atoms with Gasteiger partial charge in [0.15, 0.2) is 0 Å². The Morgan fingerprint density at radius 1 is 1.20 bits per heavy atom. The summed E-state index contributed by atoms with van der Waals surface area (Å²) in [4.78, 5) is 12.2. The maximum atomic E-state index is 12.2. The van der Waals surface area contributed by atoms with Gasteiger partial charge in [-0.2, -0.15) is 0 Å². The van der Waals surface area contributed by atoms with Crippen LogP contribution < -0.4 is 10.1 Å². The molecule has 20 heavy (non-hydrogen) atoms. The Morgan fingerprint density at radius 2 is 1.95 bits per heavy atom. The molecule has 1 N–H and O–H groups in total. The molecule has 0 bridgehead atoms. The van der Waals surface area contributed by atoms with Crippen LogP contribution in [0.1, 0.15) is 10.4 Å². The number of hydrogen-bond acceptors (Lipinski definition) is 2. The van der Waals surface area contributed by atoms with E-state index in [2.05, 4.69) is 21.2 Å². The van der Waals surface area contributed by atoms with E-state index in [1.165, 1.54) is 7.11 Å². The molecule has 0 aliphatic heterocycles. The van der Waals surface area contributed by atoms with Crippen molar-refractivity contribution in [2.75, 3.05) is 12.4 Å². The highest BCUT2D eigenvalue weighted by Crippen LogP contribution is 2.28. The average molecular weight is 375 g/mol. The molecule has 0 aliphatic rings. The van der Waals surface area contributed by atoms with Crippen molar-refractivity contribution in [2.45, 2.75) is 0 Å². The van der Waals surface area contributed by atoms with Gasteiger partial charge in [-0.15, -0.1) is 0 Å². The van der Waals surface area contributed by atoms with Gasteiger partial charge < -0.3 is 10.1 Å². The topological polar surface area (TPSA) is 38.3 Å². The average Bonchev–Trinajstić information content (AvgIpc) is 2.40. The van der Waals surface area contributed by atoms with Gasteiger partial charge in [0.05, 0.1) is 17.7 Å². The van der Waals surface area contributed by atoms with Gasteiger partial charge in [-0.25, -0.2) is 0 Å².